The van der Waals surface area contributed by atoms with Crippen LogP contribution in [0, 0.1) is 23.0 Å². The van der Waals surface area contributed by atoms with Crippen LogP contribution in [-0.4, -0.2) is 48.2 Å². The molecule has 1 fully saturated rings. The van der Waals surface area contributed by atoms with E-state index >= 15 is 0 Å². The molecule has 39 heavy (non-hydrogen) atoms. The maximum atomic E-state index is 14.0. The molecule has 2 amide bonds. The average Bonchev–Trinajstić information content (AvgIpc) is 2.81. The van der Waals surface area contributed by atoms with Crippen molar-refractivity contribution >= 4 is 12.0 Å². The maximum Gasteiger partial charge on any atom is 0.407 e. The van der Waals surface area contributed by atoms with Crippen LogP contribution in [0.3, 0.4) is 0 Å². The summed E-state index contributed by atoms with van der Waals surface area (Å²) in [7, 11) is 0. The zero-order chi connectivity index (χ0) is 28.8. The SMILES string of the molecule is CC(C)(C)OC(=O)NC(CN1CCC(CC(=O)NC(c2cccc(F)c2)c2cccc(F)c2)CC1)C(C)(C)C. The highest BCUT2D eigenvalue weighted by molar-refractivity contribution is 5.77. The zero-order valence-corrected chi connectivity index (χ0v) is 24.0. The summed E-state index contributed by atoms with van der Waals surface area (Å²) in [4.78, 5) is 27.8. The van der Waals surface area contributed by atoms with Gasteiger partial charge in [0.05, 0.1) is 6.04 Å². The molecule has 8 heteroatoms. The van der Waals surface area contributed by atoms with E-state index in [0.29, 0.717) is 24.1 Å². The van der Waals surface area contributed by atoms with Crippen LogP contribution in [0.4, 0.5) is 13.6 Å². The molecule has 1 saturated heterocycles. The lowest BCUT2D eigenvalue weighted by Crippen LogP contribution is -2.53. The number of hydrogen-bond donors (Lipinski definition) is 2. The zero-order valence-electron chi connectivity index (χ0n) is 24.0. The molecule has 6 nitrogen and oxygen atoms in total. The number of piperidine rings is 1. The standard InChI is InChI=1S/C31H43F2N3O3/c1-30(2,3)26(34-29(38)39-31(4,5)6)20-36-15-13-21(14-16-36)17-27(37)35-28(22-9-7-11-24(32)18-22)23-10-8-12-25(33)19-23/h7-12,18-19,21,26,28H,13-17,20H2,1-6H3,(H,34,38)(H,35,37). The first-order chi connectivity index (χ1) is 18.2. The molecule has 1 aliphatic heterocycles. The predicted octanol–water partition coefficient (Wildman–Crippen LogP) is 6.21. The molecule has 2 N–H and O–H groups in total. The van der Waals surface area contributed by atoms with E-state index < -0.39 is 29.4 Å². The Morgan fingerprint density at radius 1 is 0.923 bits per heavy atom. The van der Waals surface area contributed by atoms with Crippen molar-refractivity contribution in [1.82, 2.24) is 15.5 Å². The number of rotatable bonds is 8. The van der Waals surface area contributed by atoms with Gasteiger partial charge >= 0.3 is 6.09 Å². The minimum absolute atomic E-state index is 0.0921. The van der Waals surface area contributed by atoms with Crippen molar-refractivity contribution in [3.05, 3.63) is 71.3 Å². The fraction of sp³-hybridized carbons (Fsp3) is 0.548. The summed E-state index contributed by atoms with van der Waals surface area (Å²) in [5, 5.41) is 6.05. The Labute approximate surface area is 231 Å². The van der Waals surface area contributed by atoms with Gasteiger partial charge in [-0.2, -0.15) is 0 Å². The van der Waals surface area contributed by atoms with Crippen molar-refractivity contribution in [2.75, 3.05) is 19.6 Å². The van der Waals surface area contributed by atoms with Crippen LogP contribution < -0.4 is 10.6 Å². The second-order valence-corrected chi connectivity index (χ2v) is 12.6. The van der Waals surface area contributed by atoms with E-state index in [2.05, 4.69) is 36.3 Å². The van der Waals surface area contributed by atoms with E-state index in [1.165, 1.54) is 24.3 Å². The summed E-state index contributed by atoms with van der Waals surface area (Å²) in [6.07, 6.45) is 1.62. The summed E-state index contributed by atoms with van der Waals surface area (Å²) in [5.41, 5.74) is 0.411. The van der Waals surface area contributed by atoms with E-state index in [0.717, 1.165) is 25.9 Å². The minimum atomic E-state index is -0.643. The van der Waals surface area contributed by atoms with Crippen LogP contribution in [0.5, 0.6) is 0 Å². The molecular formula is C31H43F2N3O3. The third-order valence-corrected chi connectivity index (χ3v) is 7.03. The molecule has 0 aromatic heterocycles. The average molecular weight is 544 g/mol. The Kier molecular flexibility index (Phi) is 10.1. The first kappa shape index (κ1) is 30.5. The van der Waals surface area contributed by atoms with Gasteiger partial charge in [0.25, 0.3) is 0 Å². The van der Waals surface area contributed by atoms with Crippen LogP contribution in [0.15, 0.2) is 48.5 Å². The first-order valence-corrected chi connectivity index (χ1v) is 13.7. The Hall–Kier alpha value is -3.00. The monoisotopic (exact) mass is 543 g/mol. The van der Waals surface area contributed by atoms with E-state index in [1.807, 2.05) is 20.8 Å². The third kappa shape index (κ3) is 9.92. The van der Waals surface area contributed by atoms with Gasteiger partial charge in [-0.15, -0.1) is 0 Å². The molecule has 0 saturated carbocycles. The van der Waals surface area contributed by atoms with Gasteiger partial charge in [-0.3, -0.25) is 4.79 Å². The quantitative estimate of drug-likeness (QED) is 0.415. The Balaban J connectivity index is 1.57. The highest BCUT2D eigenvalue weighted by atomic mass is 19.1. The normalized spacial score (nSPS) is 16.1. The molecule has 3 rings (SSSR count). The second-order valence-electron chi connectivity index (χ2n) is 12.6. The Bertz CT molecular complexity index is 1070. The third-order valence-electron chi connectivity index (χ3n) is 7.03. The summed E-state index contributed by atoms with van der Waals surface area (Å²) in [6, 6.07) is 11.3. The van der Waals surface area contributed by atoms with Gasteiger partial charge in [-0.05, 0) is 93.4 Å². The van der Waals surface area contributed by atoms with Gasteiger partial charge in [0, 0.05) is 19.0 Å². The minimum Gasteiger partial charge on any atom is -0.444 e. The number of amides is 2. The number of carbonyl (C=O) groups excluding carboxylic acids is 2. The van der Waals surface area contributed by atoms with Gasteiger partial charge in [0.1, 0.15) is 17.2 Å². The molecule has 1 unspecified atom stereocenters. The summed E-state index contributed by atoms with van der Waals surface area (Å²) in [5.74, 6) is -0.768. The summed E-state index contributed by atoms with van der Waals surface area (Å²) >= 11 is 0. The number of nitrogens with zero attached hydrogens (tertiary/aromatic N) is 1. The van der Waals surface area contributed by atoms with Gasteiger partial charge in [-0.1, -0.05) is 45.0 Å². The molecule has 0 aliphatic carbocycles. The van der Waals surface area contributed by atoms with E-state index in [9.17, 15) is 18.4 Å². The number of alkyl carbamates (subject to hydrolysis) is 1. The van der Waals surface area contributed by atoms with E-state index in [1.54, 1.807) is 24.3 Å². The number of carbonyl (C=O) groups is 2. The fourth-order valence-electron chi connectivity index (χ4n) is 4.83. The largest absolute Gasteiger partial charge is 0.444 e. The van der Waals surface area contributed by atoms with Crippen molar-refractivity contribution < 1.29 is 23.1 Å². The number of ether oxygens (including phenoxy) is 1. The molecule has 2 aromatic rings. The predicted molar refractivity (Wildman–Crippen MR) is 149 cm³/mol. The van der Waals surface area contributed by atoms with Crippen molar-refractivity contribution in [3.8, 4) is 0 Å². The number of benzene rings is 2. The van der Waals surface area contributed by atoms with Gasteiger partial charge in [0.2, 0.25) is 5.91 Å². The van der Waals surface area contributed by atoms with Gasteiger partial charge < -0.3 is 20.3 Å². The fourth-order valence-corrected chi connectivity index (χ4v) is 4.83. The Morgan fingerprint density at radius 2 is 1.46 bits per heavy atom. The molecular weight excluding hydrogens is 500 g/mol. The molecule has 1 heterocycles. The van der Waals surface area contributed by atoms with Crippen molar-refractivity contribution in [2.24, 2.45) is 11.3 Å². The smallest absolute Gasteiger partial charge is 0.407 e. The topological polar surface area (TPSA) is 70.7 Å². The number of hydrogen-bond acceptors (Lipinski definition) is 4. The number of likely N-dealkylation sites (tertiary alicyclic amines) is 1. The first-order valence-electron chi connectivity index (χ1n) is 13.7. The van der Waals surface area contributed by atoms with Crippen LogP contribution in [-0.2, 0) is 9.53 Å². The van der Waals surface area contributed by atoms with Crippen LogP contribution >= 0.6 is 0 Å². The summed E-state index contributed by atoms with van der Waals surface area (Å²) < 4.78 is 33.4. The van der Waals surface area contributed by atoms with Crippen molar-refractivity contribution in [2.45, 2.75) is 78.5 Å². The van der Waals surface area contributed by atoms with Crippen LogP contribution in [0.1, 0.15) is 78.0 Å². The number of nitrogens with one attached hydrogen (secondary N) is 2. The molecule has 0 spiro atoms. The maximum absolute atomic E-state index is 14.0. The van der Waals surface area contributed by atoms with Crippen molar-refractivity contribution in [3.63, 3.8) is 0 Å². The lowest BCUT2D eigenvalue weighted by atomic mass is 9.85. The second kappa shape index (κ2) is 12.9. The molecule has 214 valence electrons. The van der Waals surface area contributed by atoms with E-state index in [-0.39, 0.29) is 23.3 Å². The summed E-state index contributed by atoms with van der Waals surface area (Å²) in [6.45, 7) is 14.2. The highest BCUT2D eigenvalue weighted by Crippen LogP contribution is 2.27. The molecule has 0 bridgehead atoms. The lowest BCUT2D eigenvalue weighted by molar-refractivity contribution is -0.122. The molecule has 1 atom stereocenters. The molecule has 2 aromatic carbocycles. The van der Waals surface area contributed by atoms with Crippen molar-refractivity contribution in [1.29, 1.82) is 0 Å². The van der Waals surface area contributed by atoms with Gasteiger partial charge in [0.15, 0.2) is 0 Å². The van der Waals surface area contributed by atoms with E-state index in [4.69, 9.17) is 4.74 Å². The van der Waals surface area contributed by atoms with Crippen LogP contribution in [0.2, 0.25) is 0 Å². The Morgan fingerprint density at radius 3 is 1.92 bits per heavy atom. The lowest BCUT2D eigenvalue weighted by Gasteiger charge is -2.39. The van der Waals surface area contributed by atoms with Crippen LogP contribution in [0.25, 0.3) is 0 Å². The molecule has 0 radical (unpaired) electrons. The highest BCUT2D eigenvalue weighted by Gasteiger charge is 2.32. The van der Waals surface area contributed by atoms with Gasteiger partial charge in [-0.25, -0.2) is 13.6 Å². The number of halogens is 2. The molecule has 1 aliphatic rings.